The van der Waals surface area contributed by atoms with Gasteiger partial charge in [-0.05, 0) is 43.0 Å². The molecule has 1 aromatic rings. The van der Waals surface area contributed by atoms with E-state index in [4.69, 9.17) is 21.1 Å². The highest BCUT2D eigenvalue weighted by molar-refractivity contribution is 6.32. The van der Waals surface area contributed by atoms with E-state index in [1.165, 1.54) is 25.2 Å². The zero-order valence-corrected chi connectivity index (χ0v) is 14.4. The van der Waals surface area contributed by atoms with E-state index in [1.54, 1.807) is 18.2 Å². The van der Waals surface area contributed by atoms with Gasteiger partial charge in [0.2, 0.25) is 5.91 Å². The molecule has 1 N–H and O–H groups in total. The monoisotopic (exact) mass is 353 g/mol. The molecule has 0 spiro atoms. The van der Waals surface area contributed by atoms with Crippen molar-refractivity contribution >= 4 is 29.6 Å². The number of rotatable bonds is 5. The van der Waals surface area contributed by atoms with Crippen molar-refractivity contribution in [3.63, 3.8) is 0 Å². The molecular weight excluding hydrogens is 334 g/mol. The van der Waals surface area contributed by atoms with Gasteiger partial charge in [-0.15, -0.1) is 0 Å². The quantitative estimate of drug-likeness (QED) is 0.824. The van der Waals surface area contributed by atoms with Crippen LogP contribution in [0.25, 0.3) is 6.08 Å². The number of halogens is 1. The van der Waals surface area contributed by atoms with Crippen LogP contribution in [0.5, 0.6) is 11.5 Å². The predicted octanol–water partition coefficient (Wildman–Crippen LogP) is 2.84. The summed E-state index contributed by atoms with van der Waals surface area (Å²) in [4.78, 5) is 25.0. The van der Waals surface area contributed by atoms with Crippen LogP contribution in [0, 0.1) is 0 Å². The Labute approximate surface area is 145 Å². The summed E-state index contributed by atoms with van der Waals surface area (Å²) in [6.07, 6.45) is 5.06. The first-order chi connectivity index (χ1) is 11.5. The number of likely N-dealkylation sites (tertiary alicyclic amines) is 1. The van der Waals surface area contributed by atoms with Gasteiger partial charge in [0, 0.05) is 12.6 Å². The van der Waals surface area contributed by atoms with Gasteiger partial charge in [-0.25, -0.2) is 4.79 Å². The van der Waals surface area contributed by atoms with Gasteiger partial charge in [-0.1, -0.05) is 11.6 Å². The number of carboxylic acid groups (broad SMARTS) is 1. The zero-order valence-electron chi connectivity index (χ0n) is 13.6. The van der Waals surface area contributed by atoms with Gasteiger partial charge in [0.25, 0.3) is 0 Å². The lowest BCUT2D eigenvalue weighted by atomic mass is 10.0. The molecule has 1 aliphatic heterocycles. The second-order valence-electron chi connectivity index (χ2n) is 5.45. The first-order valence-corrected chi connectivity index (χ1v) is 7.98. The highest BCUT2D eigenvalue weighted by atomic mass is 35.5. The van der Waals surface area contributed by atoms with Gasteiger partial charge in [0.15, 0.2) is 11.5 Å². The summed E-state index contributed by atoms with van der Waals surface area (Å²) >= 11 is 6.13. The number of aliphatic carboxylic acids is 1. The summed E-state index contributed by atoms with van der Waals surface area (Å²) in [7, 11) is 2.99. The Morgan fingerprint density at radius 2 is 2.04 bits per heavy atom. The maximum atomic E-state index is 12.3. The molecule has 1 amide bonds. The Hall–Kier alpha value is -2.21. The summed E-state index contributed by atoms with van der Waals surface area (Å²) in [6, 6.07) is 2.58. The number of hydrogen-bond acceptors (Lipinski definition) is 4. The molecule has 0 saturated carbocycles. The van der Waals surface area contributed by atoms with Gasteiger partial charge in [0.1, 0.15) is 6.04 Å². The number of nitrogens with zero attached hydrogens (tertiary/aromatic N) is 1. The summed E-state index contributed by atoms with van der Waals surface area (Å²) in [5, 5.41) is 9.61. The van der Waals surface area contributed by atoms with Gasteiger partial charge < -0.3 is 19.5 Å². The minimum Gasteiger partial charge on any atom is -0.493 e. The number of benzene rings is 1. The second kappa shape index (κ2) is 8.06. The van der Waals surface area contributed by atoms with E-state index in [2.05, 4.69) is 0 Å². The molecule has 1 unspecified atom stereocenters. The lowest BCUT2D eigenvalue weighted by Gasteiger charge is -2.32. The molecule has 0 radical (unpaired) electrons. The highest BCUT2D eigenvalue weighted by Crippen LogP contribution is 2.36. The minimum absolute atomic E-state index is 0.326. The Balaban J connectivity index is 2.19. The van der Waals surface area contributed by atoms with Crippen molar-refractivity contribution in [3.05, 3.63) is 28.8 Å². The number of carbonyl (C=O) groups is 2. The van der Waals surface area contributed by atoms with E-state index in [0.717, 1.165) is 12.8 Å². The van der Waals surface area contributed by atoms with Crippen molar-refractivity contribution < 1.29 is 24.2 Å². The number of amides is 1. The van der Waals surface area contributed by atoms with Crippen molar-refractivity contribution in [2.45, 2.75) is 25.3 Å². The maximum absolute atomic E-state index is 12.3. The lowest BCUT2D eigenvalue weighted by molar-refractivity contribution is -0.150. The number of carboxylic acids is 1. The second-order valence-corrected chi connectivity index (χ2v) is 5.86. The smallest absolute Gasteiger partial charge is 0.326 e. The molecule has 7 heteroatoms. The molecule has 0 aromatic heterocycles. The van der Waals surface area contributed by atoms with E-state index in [1.807, 2.05) is 0 Å². The van der Waals surface area contributed by atoms with Crippen LogP contribution in [0.3, 0.4) is 0 Å². The van der Waals surface area contributed by atoms with Crippen LogP contribution < -0.4 is 9.47 Å². The summed E-state index contributed by atoms with van der Waals surface area (Å²) in [5.74, 6) is -0.415. The molecule has 6 nitrogen and oxygen atoms in total. The topological polar surface area (TPSA) is 76.1 Å². The number of piperidine rings is 1. The third-order valence-corrected chi connectivity index (χ3v) is 4.23. The van der Waals surface area contributed by atoms with Crippen LogP contribution in [0.15, 0.2) is 18.2 Å². The van der Waals surface area contributed by atoms with Crippen LogP contribution >= 0.6 is 11.6 Å². The van der Waals surface area contributed by atoms with Crippen LogP contribution in [-0.2, 0) is 9.59 Å². The third-order valence-electron chi connectivity index (χ3n) is 3.95. The minimum atomic E-state index is -0.967. The number of carbonyl (C=O) groups excluding carboxylic acids is 1. The molecule has 1 atom stereocenters. The standard InChI is InChI=1S/C17H20ClNO5/c1-23-14-10-11(9-12(18)16(14)24-2)6-7-15(20)19-8-4-3-5-13(19)17(21)22/h6-7,9-10,13H,3-5,8H2,1-2H3,(H,21,22)/b7-6+. The van der Waals surface area contributed by atoms with E-state index in [9.17, 15) is 14.7 Å². The van der Waals surface area contributed by atoms with Crippen LogP contribution in [0.1, 0.15) is 24.8 Å². The normalized spacial score (nSPS) is 17.8. The Bertz CT molecular complexity index is 659. The molecule has 2 rings (SSSR count). The predicted molar refractivity (Wildman–Crippen MR) is 90.6 cm³/mol. The van der Waals surface area contributed by atoms with E-state index in [0.29, 0.717) is 35.1 Å². The van der Waals surface area contributed by atoms with E-state index in [-0.39, 0.29) is 5.91 Å². The van der Waals surface area contributed by atoms with Gasteiger partial charge in [0.05, 0.1) is 19.2 Å². The molecule has 130 valence electrons. The largest absolute Gasteiger partial charge is 0.493 e. The SMILES string of the molecule is COc1cc(/C=C/C(=O)N2CCCCC2C(=O)O)cc(Cl)c1OC. The van der Waals surface area contributed by atoms with Crippen LogP contribution in [0.4, 0.5) is 0 Å². The fourth-order valence-electron chi connectivity index (χ4n) is 2.75. The fourth-order valence-corrected chi connectivity index (χ4v) is 3.05. The summed E-state index contributed by atoms with van der Waals surface area (Å²) in [5.41, 5.74) is 0.662. The summed E-state index contributed by atoms with van der Waals surface area (Å²) in [6.45, 7) is 0.451. The summed E-state index contributed by atoms with van der Waals surface area (Å²) < 4.78 is 10.4. The maximum Gasteiger partial charge on any atom is 0.326 e. The molecule has 1 fully saturated rings. The molecule has 24 heavy (non-hydrogen) atoms. The number of methoxy groups -OCH3 is 2. The Morgan fingerprint density at radius 3 is 2.67 bits per heavy atom. The van der Waals surface area contributed by atoms with Crippen LogP contribution in [-0.4, -0.2) is 48.7 Å². The molecule has 1 aromatic carbocycles. The van der Waals surface area contributed by atoms with Crippen molar-refractivity contribution in [1.82, 2.24) is 4.90 Å². The fraction of sp³-hybridized carbons (Fsp3) is 0.412. The van der Waals surface area contributed by atoms with Crippen molar-refractivity contribution in [2.24, 2.45) is 0 Å². The number of ether oxygens (including phenoxy) is 2. The average molecular weight is 354 g/mol. The van der Waals surface area contributed by atoms with Crippen molar-refractivity contribution in [2.75, 3.05) is 20.8 Å². The Morgan fingerprint density at radius 1 is 1.29 bits per heavy atom. The highest BCUT2D eigenvalue weighted by Gasteiger charge is 2.30. The molecule has 1 heterocycles. The molecule has 1 aliphatic rings. The molecule has 1 saturated heterocycles. The van der Waals surface area contributed by atoms with Crippen molar-refractivity contribution in [3.8, 4) is 11.5 Å². The van der Waals surface area contributed by atoms with Crippen molar-refractivity contribution in [1.29, 1.82) is 0 Å². The van der Waals surface area contributed by atoms with Crippen LogP contribution in [0.2, 0.25) is 5.02 Å². The third kappa shape index (κ3) is 4.00. The van der Waals surface area contributed by atoms with E-state index >= 15 is 0 Å². The first kappa shape index (κ1) is 18.1. The average Bonchev–Trinajstić information content (AvgIpc) is 2.58. The zero-order chi connectivity index (χ0) is 17.7. The first-order valence-electron chi connectivity index (χ1n) is 7.61. The number of hydrogen-bond donors (Lipinski definition) is 1. The molecular formula is C17H20ClNO5. The molecule has 0 bridgehead atoms. The van der Waals surface area contributed by atoms with E-state index < -0.39 is 12.0 Å². The van der Waals surface area contributed by atoms with Gasteiger partial charge >= 0.3 is 5.97 Å². The lowest BCUT2D eigenvalue weighted by Crippen LogP contribution is -2.47. The van der Waals surface area contributed by atoms with Gasteiger partial charge in [-0.2, -0.15) is 0 Å². The van der Waals surface area contributed by atoms with Gasteiger partial charge in [-0.3, -0.25) is 4.79 Å². The molecule has 0 aliphatic carbocycles. The Kier molecular flexibility index (Phi) is 6.09.